The second-order valence-corrected chi connectivity index (χ2v) is 4.92. The van der Waals surface area contributed by atoms with Crippen molar-refractivity contribution in [2.24, 2.45) is 5.84 Å². The van der Waals surface area contributed by atoms with Crippen LogP contribution < -0.4 is 22.3 Å². The average Bonchev–Trinajstić information content (AvgIpc) is 2.54. The number of carbonyl (C=O) groups is 1. The molecule has 3 aromatic rings. The molecule has 8 heteroatoms. The molecule has 116 valence electrons. The van der Waals surface area contributed by atoms with Crippen molar-refractivity contribution in [1.82, 2.24) is 15.0 Å². The maximum absolute atomic E-state index is 11.0. The fourth-order valence-corrected chi connectivity index (χ4v) is 2.25. The molecule has 0 bridgehead atoms. The van der Waals surface area contributed by atoms with Gasteiger partial charge in [-0.1, -0.05) is 6.07 Å². The molecule has 8 nitrogen and oxygen atoms in total. The minimum absolute atomic E-state index is 0.152. The number of anilines is 3. The van der Waals surface area contributed by atoms with Crippen molar-refractivity contribution in [1.29, 1.82) is 0 Å². The third-order valence-electron chi connectivity index (χ3n) is 3.25. The second kappa shape index (κ2) is 5.85. The summed E-state index contributed by atoms with van der Waals surface area (Å²) < 4.78 is 0. The van der Waals surface area contributed by atoms with Gasteiger partial charge in [0.15, 0.2) is 5.82 Å². The molecule has 0 aliphatic heterocycles. The number of nitrogens with zero attached hydrogens (tertiary/aromatic N) is 3. The quantitative estimate of drug-likeness (QED) is 0.426. The molecule has 0 saturated heterocycles. The molecule has 2 heterocycles. The Labute approximate surface area is 131 Å². The minimum atomic E-state index is -0.163. The van der Waals surface area contributed by atoms with Gasteiger partial charge >= 0.3 is 0 Å². The summed E-state index contributed by atoms with van der Waals surface area (Å²) in [7, 11) is 0. The summed E-state index contributed by atoms with van der Waals surface area (Å²) in [6, 6.07) is 9.25. The van der Waals surface area contributed by atoms with Gasteiger partial charge in [0.25, 0.3) is 0 Å². The SMILES string of the molecule is CC(=O)Nc1ccc(-c2ccc3nc(N)nc(NN)c3c2)cn1. The number of nitrogens with one attached hydrogen (secondary N) is 2. The van der Waals surface area contributed by atoms with Gasteiger partial charge < -0.3 is 16.5 Å². The predicted octanol–water partition coefficient (Wildman–Crippen LogP) is 1.52. The Morgan fingerprint density at radius 3 is 2.57 bits per heavy atom. The van der Waals surface area contributed by atoms with Crippen LogP contribution in [0.15, 0.2) is 36.5 Å². The summed E-state index contributed by atoms with van der Waals surface area (Å²) in [6.07, 6.45) is 1.68. The number of carbonyl (C=O) groups excluding carboxylic acids is 1. The zero-order chi connectivity index (χ0) is 16.4. The molecule has 0 saturated carbocycles. The van der Waals surface area contributed by atoms with E-state index in [1.54, 1.807) is 12.3 Å². The smallest absolute Gasteiger partial charge is 0.222 e. The van der Waals surface area contributed by atoms with Crippen molar-refractivity contribution in [2.75, 3.05) is 16.5 Å². The molecule has 0 spiro atoms. The lowest BCUT2D eigenvalue weighted by Crippen LogP contribution is -2.11. The molecular formula is C15H15N7O. The Morgan fingerprint density at radius 1 is 1.13 bits per heavy atom. The van der Waals surface area contributed by atoms with Crippen LogP contribution in [0, 0.1) is 0 Å². The summed E-state index contributed by atoms with van der Waals surface area (Å²) in [5.41, 5.74) is 10.7. The van der Waals surface area contributed by atoms with Gasteiger partial charge in [0.2, 0.25) is 11.9 Å². The molecule has 1 aromatic carbocycles. The highest BCUT2D eigenvalue weighted by atomic mass is 16.1. The number of fused-ring (bicyclic) bond motifs is 1. The van der Waals surface area contributed by atoms with Crippen molar-refractivity contribution in [2.45, 2.75) is 6.92 Å². The van der Waals surface area contributed by atoms with E-state index in [0.717, 1.165) is 16.5 Å². The number of hydrogen-bond donors (Lipinski definition) is 4. The molecule has 0 aliphatic rings. The Hall–Kier alpha value is -3.26. The van der Waals surface area contributed by atoms with Crippen molar-refractivity contribution in [3.8, 4) is 11.1 Å². The first kappa shape index (κ1) is 14.7. The number of hydrogen-bond acceptors (Lipinski definition) is 7. The van der Waals surface area contributed by atoms with Crippen LogP contribution in [-0.2, 0) is 4.79 Å². The van der Waals surface area contributed by atoms with E-state index in [-0.39, 0.29) is 11.9 Å². The molecule has 0 atom stereocenters. The molecule has 0 radical (unpaired) electrons. The first-order valence-corrected chi connectivity index (χ1v) is 6.85. The summed E-state index contributed by atoms with van der Waals surface area (Å²) in [5, 5.41) is 3.38. The van der Waals surface area contributed by atoms with Gasteiger partial charge in [-0.2, -0.15) is 4.98 Å². The molecule has 0 unspecified atom stereocenters. The summed E-state index contributed by atoms with van der Waals surface area (Å²) in [4.78, 5) is 23.5. The lowest BCUT2D eigenvalue weighted by molar-refractivity contribution is -0.114. The lowest BCUT2D eigenvalue weighted by Gasteiger charge is -2.08. The molecule has 23 heavy (non-hydrogen) atoms. The second-order valence-electron chi connectivity index (χ2n) is 4.92. The van der Waals surface area contributed by atoms with Gasteiger partial charge in [-0.3, -0.25) is 4.79 Å². The van der Waals surface area contributed by atoms with Crippen LogP contribution in [0.1, 0.15) is 6.92 Å². The van der Waals surface area contributed by atoms with Crippen molar-refractivity contribution < 1.29 is 4.79 Å². The van der Waals surface area contributed by atoms with E-state index in [1.165, 1.54) is 6.92 Å². The van der Waals surface area contributed by atoms with Crippen LogP contribution in [0.4, 0.5) is 17.6 Å². The summed E-state index contributed by atoms with van der Waals surface area (Å²) in [6.45, 7) is 1.44. The topological polar surface area (TPSA) is 132 Å². The van der Waals surface area contributed by atoms with Crippen LogP contribution in [0.5, 0.6) is 0 Å². The van der Waals surface area contributed by atoms with Gasteiger partial charge in [-0.15, -0.1) is 0 Å². The van der Waals surface area contributed by atoms with E-state index in [9.17, 15) is 4.79 Å². The Balaban J connectivity index is 2.03. The van der Waals surface area contributed by atoms with Crippen molar-refractivity contribution in [3.05, 3.63) is 36.5 Å². The fourth-order valence-electron chi connectivity index (χ4n) is 2.25. The van der Waals surface area contributed by atoms with E-state index in [4.69, 9.17) is 11.6 Å². The normalized spacial score (nSPS) is 10.5. The first-order chi connectivity index (χ1) is 11.1. The molecule has 1 amide bonds. The van der Waals surface area contributed by atoms with Gasteiger partial charge in [-0.05, 0) is 29.8 Å². The van der Waals surface area contributed by atoms with Gasteiger partial charge in [-0.25, -0.2) is 15.8 Å². The van der Waals surface area contributed by atoms with Crippen LogP contribution in [-0.4, -0.2) is 20.9 Å². The zero-order valence-corrected chi connectivity index (χ0v) is 12.4. The highest BCUT2D eigenvalue weighted by Gasteiger charge is 2.08. The van der Waals surface area contributed by atoms with Gasteiger partial charge in [0.05, 0.1) is 5.52 Å². The number of rotatable bonds is 3. The molecule has 2 aromatic heterocycles. The number of aromatic nitrogens is 3. The van der Waals surface area contributed by atoms with Crippen molar-refractivity contribution >= 4 is 34.4 Å². The maximum Gasteiger partial charge on any atom is 0.222 e. The van der Waals surface area contributed by atoms with Crippen LogP contribution >= 0.6 is 0 Å². The number of amides is 1. The zero-order valence-electron chi connectivity index (χ0n) is 12.4. The highest BCUT2D eigenvalue weighted by Crippen LogP contribution is 2.27. The number of nitrogens with two attached hydrogens (primary N) is 2. The van der Waals surface area contributed by atoms with Gasteiger partial charge in [0.1, 0.15) is 5.82 Å². The van der Waals surface area contributed by atoms with E-state index in [2.05, 4.69) is 25.7 Å². The van der Waals surface area contributed by atoms with Crippen LogP contribution in [0.2, 0.25) is 0 Å². The largest absolute Gasteiger partial charge is 0.368 e. The summed E-state index contributed by atoms with van der Waals surface area (Å²) in [5.74, 6) is 6.44. The number of pyridine rings is 1. The van der Waals surface area contributed by atoms with Gasteiger partial charge in [0, 0.05) is 24.1 Å². The first-order valence-electron chi connectivity index (χ1n) is 6.85. The highest BCUT2D eigenvalue weighted by molar-refractivity contribution is 5.93. The number of benzene rings is 1. The minimum Gasteiger partial charge on any atom is -0.368 e. The third-order valence-corrected chi connectivity index (χ3v) is 3.25. The van der Waals surface area contributed by atoms with E-state index >= 15 is 0 Å². The maximum atomic E-state index is 11.0. The standard InChI is InChI=1S/C15H15N7O/c1-8(23)19-13-5-3-10(7-18-13)9-2-4-12-11(6-9)14(22-17)21-15(16)20-12/h2-7H,17H2,1H3,(H,18,19,23)(H3,16,20,21,22). The summed E-state index contributed by atoms with van der Waals surface area (Å²) >= 11 is 0. The fraction of sp³-hybridized carbons (Fsp3) is 0.0667. The lowest BCUT2D eigenvalue weighted by atomic mass is 10.1. The average molecular weight is 309 g/mol. The molecule has 0 fully saturated rings. The molecule has 6 N–H and O–H groups in total. The Kier molecular flexibility index (Phi) is 3.73. The van der Waals surface area contributed by atoms with Crippen LogP contribution in [0.25, 0.3) is 22.0 Å². The molecular weight excluding hydrogens is 294 g/mol. The van der Waals surface area contributed by atoms with Crippen molar-refractivity contribution in [3.63, 3.8) is 0 Å². The van der Waals surface area contributed by atoms with Crippen LogP contribution in [0.3, 0.4) is 0 Å². The Bertz CT molecular complexity index is 877. The van der Waals surface area contributed by atoms with E-state index in [0.29, 0.717) is 17.2 Å². The molecule has 0 aliphatic carbocycles. The number of hydrazine groups is 1. The third kappa shape index (κ3) is 3.01. The van der Waals surface area contributed by atoms with E-state index < -0.39 is 0 Å². The number of nitrogen functional groups attached to an aromatic ring is 2. The monoisotopic (exact) mass is 309 g/mol. The Morgan fingerprint density at radius 2 is 1.91 bits per heavy atom. The van der Waals surface area contributed by atoms with E-state index in [1.807, 2.05) is 24.3 Å². The predicted molar refractivity (Wildman–Crippen MR) is 89.3 cm³/mol. The molecule has 3 rings (SSSR count).